The van der Waals surface area contributed by atoms with Gasteiger partial charge in [-0.1, -0.05) is 29.8 Å². The molecule has 3 rings (SSSR count). The molecule has 1 heterocycles. The number of rotatable bonds is 4. The lowest BCUT2D eigenvalue weighted by Gasteiger charge is -2.03. The van der Waals surface area contributed by atoms with Gasteiger partial charge in [-0.3, -0.25) is 5.10 Å². The first-order valence-corrected chi connectivity index (χ1v) is 7.44. The zero-order valence-corrected chi connectivity index (χ0v) is 13.2. The monoisotopic (exact) mass is 336 g/mol. The van der Waals surface area contributed by atoms with Crippen molar-refractivity contribution >= 4 is 40.8 Å². The molecular formula is C17H13ClN6. The van der Waals surface area contributed by atoms with Crippen LogP contribution in [-0.2, 0) is 0 Å². The fourth-order valence-electron chi connectivity index (χ4n) is 2.05. The molecule has 0 fully saturated rings. The molecule has 0 saturated heterocycles. The van der Waals surface area contributed by atoms with Gasteiger partial charge in [-0.15, -0.1) is 0 Å². The Kier molecular flexibility index (Phi) is 4.45. The zero-order valence-electron chi connectivity index (χ0n) is 12.5. The van der Waals surface area contributed by atoms with E-state index in [2.05, 4.69) is 26.6 Å². The van der Waals surface area contributed by atoms with E-state index in [0.717, 1.165) is 11.3 Å². The lowest BCUT2D eigenvalue weighted by Crippen LogP contribution is -1.92. The van der Waals surface area contributed by atoms with E-state index in [9.17, 15) is 5.26 Å². The minimum atomic E-state index is 0.304. The normalized spacial score (nSPS) is 10.7. The van der Waals surface area contributed by atoms with Gasteiger partial charge in [0.25, 0.3) is 0 Å². The van der Waals surface area contributed by atoms with E-state index in [4.69, 9.17) is 17.3 Å². The van der Waals surface area contributed by atoms with Crippen LogP contribution in [0.15, 0.2) is 53.5 Å². The number of aromatic amines is 1. The summed E-state index contributed by atoms with van der Waals surface area (Å²) >= 11 is 5.96. The summed E-state index contributed by atoms with van der Waals surface area (Å²) in [5.74, 6) is 0.767. The number of H-pyrrole nitrogens is 1. The molecule has 24 heavy (non-hydrogen) atoms. The average Bonchev–Trinajstić information content (AvgIpc) is 2.96. The third kappa shape index (κ3) is 3.54. The van der Waals surface area contributed by atoms with E-state index < -0.39 is 0 Å². The average molecular weight is 337 g/mol. The summed E-state index contributed by atoms with van der Waals surface area (Å²) in [7, 11) is 0. The number of benzene rings is 2. The number of nitrogens with two attached hydrogens (primary N) is 1. The van der Waals surface area contributed by atoms with Crippen LogP contribution in [0.1, 0.15) is 11.1 Å². The van der Waals surface area contributed by atoms with Crippen molar-refractivity contribution in [2.75, 3.05) is 11.1 Å². The number of hydrogen-bond acceptors (Lipinski definition) is 5. The highest BCUT2D eigenvalue weighted by Gasteiger charge is 2.12. The van der Waals surface area contributed by atoms with Gasteiger partial charge >= 0.3 is 0 Å². The maximum atomic E-state index is 9.39. The molecule has 0 unspecified atom stereocenters. The first kappa shape index (κ1) is 15.6. The second-order valence-electron chi connectivity index (χ2n) is 4.97. The quantitative estimate of drug-likeness (QED) is 0.494. The van der Waals surface area contributed by atoms with Gasteiger partial charge < -0.3 is 11.1 Å². The van der Waals surface area contributed by atoms with Crippen LogP contribution in [0.5, 0.6) is 0 Å². The Balaban J connectivity index is 1.84. The summed E-state index contributed by atoms with van der Waals surface area (Å²) in [4.78, 5) is 4.26. The molecule has 2 aromatic carbocycles. The molecular weight excluding hydrogens is 324 g/mol. The predicted octanol–water partition coefficient (Wildman–Crippen LogP) is 4.01. The molecule has 0 saturated carbocycles. The highest BCUT2D eigenvalue weighted by atomic mass is 35.5. The highest BCUT2D eigenvalue weighted by molar-refractivity contribution is 6.30. The molecule has 0 radical (unpaired) electrons. The third-order valence-corrected chi connectivity index (χ3v) is 3.46. The van der Waals surface area contributed by atoms with Crippen molar-refractivity contribution in [3.05, 3.63) is 64.7 Å². The first-order chi connectivity index (χ1) is 11.7. The Hall–Kier alpha value is -3.30. The van der Waals surface area contributed by atoms with Crippen LogP contribution < -0.4 is 11.1 Å². The van der Waals surface area contributed by atoms with Crippen LogP contribution in [0.3, 0.4) is 0 Å². The van der Waals surface area contributed by atoms with Gasteiger partial charge in [0.1, 0.15) is 17.5 Å². The van der Waals surface area contributed by atoms with E-state index in [0.29, 0.717) is 27.9 Å². The lowest BCUT2D eigenvalue weighted by atomic mass is 10.2. The SMILES string of the molecule is N#Cc1c(N=Cc2ccc(N)cc2)n[nH]c1Nc1cccc(Cl)c1. The number of aliphatic imine (C=N–C) groups is 1. The number of nitrogens with zero attached hydrogens (tertiary/aromatic N) is 3. The maximum absolute atomic E-state index is 9.39. The van der Waals surface area contributed by atoms with Crippen molar-refractivity contribution in [1.29, 1.82) is 5.26 Å². The Morgan fingerprint density at radius 2 is 2.04 bits per heavy atom. The molecule has 0 bridgehead atoms. The Morgan fingerprint density at radius 1 is 1.25 bits per heavy atom. The van der Waals surface area contributed by atoms with E-state index >= 15 is 0 Å². The number of nitrogens with one attached hydrogen (secondary N) is 2. The molecule has 0 aliphatic rings. The summed E-state index contributed by atoms with van der Waals surface area (Å²) in [5.41, 5.74) is 8.25. The van der Waals surface area contributed by atoms with Gasteiger partial charge in [-0.2, -0.15) is 10.4 Å². The van der Waals surface area contributed by atoms with E-state index in [1.807, 2.05) is 24.3 Å². The van der Waals surface area contributed by atoms with Crippen LogP contribution in [0, 0.1) is 11.3 Å². The maximum Gasteiger partial charge on any atom is 0.193 e. The number of halogens is 1. The van der Waals surface area contributed by atoms with Crippen LogP contribution in [0.25, 0.3) is 0 Å². The third-order valence-electron chi connectivity index (χ3n) is 3.23. The van der Waals surface area contributed by atoms with Crippen molar-refractivity contribution in [3.63, 3.8) is 0 Å². The van der Waals surface area contributed by atoms with Crippen LogP contribution in [-0.4, -0.2) is 16.4 Å². The molecule has 0 amide bonds. The number of aromatic nitrogens is 2. The minimum Gasteiger partial charge on any atom is -0.399 e. The minimum absolute atomic E-state index is 0.304. The molecule has 3 aromatic rings. The van der Waals surface area contributed by atoms with E-state index in [-0.39, 0.29) is 0 Å². The smallest absolute Gasteiger partial charge is 0.193 e. The van der Waals surface area contributed by atoms with E-state index in [1.165, 1.54) is 0 Å². The number of hydrogen-bond donors (Lipinski definition) is 3. The van der Waals surface area contributed by atoms with Crippen molar-refractivity contribution in [2.45, 2.75) is 0 Å². The van der Waals surface area contributed by atoms with Crippen molar-refractivity contribution < 1.29 is 0 Å². The Bertz CT molecular complexity index is 921. The second kappa shape index (κ2) is 6.86. The molecule has 6 nitrogen and oxygen atoms in total. The summed E-state index contributed by atoms with van der Waals surface area (Å²) in [6.45, 7) is 0. The first-order valence-electron chi connectivity index (χ1n) is 7.06. The largest absolute Gasteiger partial charge is 0.399 e. The Morgan fingerprint density at radius 3 is 2.75 bits per heavy atom. The number of nitrogen functional groups attached to an aromatic ring is 1. The molecule has 1 aromatic heterocycles. The van der Waals surface area contributed by atoms with Gasteiger partial charge in [0.05, 0.1) is 0 Å². The highest BCUT2D eigenvalue weighted by Crippen LogP contribution is 2.26. The number of anilines is 3. The molecule has 0 atom stereocenters. The van der Waals surface area contributed by atoms with Crippen LogP contribution in [0.2, 0.25) is 5.02 Å². The summed E-state index contributed by atoms with van der Waals surface area (Å²) in [5, 5.41) is 19.9. The van der Waals surface area contributed by atoms with Gasteiger partial charge in [0, 0.05) is 22.6 Å². The predicted molar refractivity (Wildman–Crippen MR) is 96.1 cm³/mol. The van der Waals surface area contributed by atoms with Crippen LogP contribution in [0.4, 0.5) is 23.0 Å². The fraction of sp³-hybridized carbons (Fsp3) is 0. The van der Waals surface area contributed by atoms with Crippen molar-refractivity contribution in [2.24, 2.45) is 4.99 Å². The number of nitriles is 1. The second-order valence-corrected chi connectivity index (χ2v) is 5.41. The summed E-state index contributed by atoms with van der Waals surface area (Å²) in [6.07, 6.45) is 1.62. The standard InChI is InChI=1S/C17H13ClN6/c18-12-2-1-3-14(8-12)22-17-15(9-19)16(23-24-17)21-10-11-4-6-13(20)7-5-11/h1-8,10H,20H2,(H2,22,23,24). The molecule has 0 aliphatic heterocycles. The van der Waals surface area contributed by atoms with Gasteiger partial charge in [-0.25, -0.2) is 4.99 Å². The molecule has 0 spiro atoms. The molecule has 7 heteroatoms. The van der Waals surface area contributed by atoms with Gasteiger partial charge in [-0.05, 0) is 35.9 Å². The van der Waals surface area contributed by atoms with Gasteiger partial charge in [0.15, 0.2) is 5.82 Å². The molecule has 118 valence electrons. The van der Waals surface area contributed by atoms with Crippen molar-refractivity contribution in [1.82, 2.24) is 10.2 Å². The topological polar surface area (TPSA) is 103 Å². The molecule has 0 aliphatic carbocycles. The lowest BCUT2D eigenvalue weighted by molar-refractivity contribution is 1.09. The van der Waals surface area contributed by atoms with Crippen LogP contribution >= 0.6 is 11.6 Å². The van der Waals surface area contributed by atoms with Crippen molar-refractivity contribution in [3.8, 4) is 6.07 Å². The molecule has 4 N–H and O–H groups in total. The fourth-order valence-corrected chi connectivity index (χ4v) is 2.24. The summed E-state index contributed by atoms with van der Waals surface area (Å²) in [6, 6.07) is 16.5. The van der Waals surface area contributed by atoms with Gasteiger partial charge in [0.2, 0.25) is 0 Å². The zero-order chi connectivity index (χ0) is 16.9. The van der Waals surface area contributed by atoms with E-state index in [1.54, 1.807) is 30.5 Å². The Labute approximate surface area is 143 Å². The summed E-state index contributed by atoms with van der Waals surface area (Å²) < 4.78 is 0.